The Morgan fingerprint density at radius 3 is 3.18 bits per heavy atom. The number of hydrogen-bond acceptors (Lipinski definition) is 4. The minimum absolute atomic E-state index is 0.910. The number of fused-ring (bicyclic) bond motifs is 1. The molecule has 0 unspecified atom stereocenters. The van der Waals surface area contributed by atoms with Crippen LogP contribution in [0.15, 0.2) is 17.6 Å². The molecule has 0 fully saturated rings. The summed E-state index contributed by atoms with van der Waals surface area (Å²) in [4.78, 5) is 3.98. The zero-order chi connectivity index (χ0) is 11.7. The van der Waals surface area contributed by atoms with Crippen LogP contribution >= 0.6 is 11.3 Å². The molecule has 17 heavy (non-hydrogen) atoms. The van der Waals surface area contributed by atoms with Crippen molar-refractivity contribution in [1.82, 2.24) is 15.0 Å². The number of thiophene rings is 1. The minimum atomic E-state index is 0.910. The Morgan fingerprint density at radius 2 is 2.35 bits per heavy atom. The van der Waals surface area contributed by atoms with Gasteiger partial charge in [-0.15, -0.1) is 16.4 Å². The molecule has 0 atom stereocenters. The van der Waals surface area contributed by atoms with Crippen molar-refractivity contribution in [2.45, 2.75) is 25.8 Å². The highest BCUT2D eigenvalue weighted by atomic mass is 32.1. The topological polar surface area (TPSA) is 34.0 Å². The van der Waals surface area contributed by atoms with Crippen LogP contribution in [0.3, 0.4) is 0 Å². The van der Waals surface area contributed by atoms with Crippen LogP contribution in [-0.2, 0) is 20.0 Å². The van der Waals surface area contributed by atoms with Crippen LogP contribution in [0.25, 0.3) is 0 Å². The Balaban J connectivity index is 1.86. The molecule has 0 amide bonds. The number of hydrogen-bond donors (Lipinski definition) is 0. The van der Waals surface area contributed by atoms with E-state index in [0.717, 1.165) is 13.1 Å². The second kappa shape index (κ2) is 4.49. The summed E-state index contributed by atoms with van der Waals surface area (Å²) in [6.45, 7) is 2.04. The molecule has 0 radical (unpaired) electrons. The predicted octanol–water partition coefficient (Wildman–Crippen LogP) is 2.22. The number of rotatable bonds is 2. The summed E-state index contributed by atoms with van der Waals surface area (Å²) in [6.07, 6.45) is 5.66. The third kappa shape index (κ3) is 2.07. The first-order valence-electron chi connectivity index (χ1n) is 5.99. The third-order valence-corrected chi connectivity index (χ3v) is 4.28. The van der Waals surface area contributed by atoms with E-state index in [2.05, 4.69) is 26.7 Å². The number of nitrogens with zero attached hydrogens (tertiary/aromatic N) is 4. The van der Waals surface area contributed by atoms with E-state index in [1.165, 1.54) is 35.5 Å². The largest absolute Gasteiger partial charge is 0.365 e. The summed E-state index contributed by atoms with van der Waals surface area (Å²) in [5.41, 5.74) is 2.58. The average Bonchev–Trinajstić information content (AvgIpc) is 2.89. The van der Waals surface area contributed by atoms with E-state index in [-0.39, 0.29) is 0 Å². The van der Waals surface area contributed by atoms with E-state index < -0.39 is 0 Å². The van der Waals surface area contributed by atoms with Gasteiger partial charge in [0.1, 0.15) is 0 Å². The number of aryl methyl sites for hydroxylation is 2. The molecule has 2 aromatic rings. The molecule has 90 valence electrons. The molecule has 0 spiro atoms. The van der Waals surface area contributed by atoms with Crippen molar-refractivity contribution in [2.75, 3.05) is 11.4 Å². The lowest BCUT2D eigenvalue weighted by Gasteiger charge is -2.22. The van der Waals surface area contributed by atoms with Gasteiger partial charge in [0.2, 0.25) is 0 Å². The lowest BCUT2D eigenvalue weighted by Crippen LogP contribution is -2.24. The van der Waals surface area contributed by atoms with Crippen molar-refractivity contribution in [2.24, 2.45) is 7.05 Å². The molecule has 0 saturated carbocycles. The summed E-state index contributed by atoms with van der Waals surface area (Å²) in [7, 11) is 1.95. The van der Waals surface area contributed by atoms with Crippen molar-refractivity contribution in [3.8, 4) is 0 Å². The Hall–Kier alpha value is -1.36. The molecular weight excluding hydrogens is 232 g/mol. The van der Waals surface area contributed by atoms with Crippen molar-refractivity contribution >= 4 is 17.0 Å². The fraction of sp³-hybridized carbons (Fsp3) is 0.500. The van der Waals surface area contributed by atoms with Gasteiger partial charge in [-0.2, -0.15) is 0 Å². The highest BCUT2D eigenvalue weighted by Crippen LogP contribution is 2.31. The van der Waals surface area contributed by atoms with Crippen LogP contribution in [-0.4, -0.2) is 21.5 Å². The van der Waals surface area contributed by atoms with E-state index in [4.69, 9.17) is 0 Å². The molecule has 3 rings (SSSR count). The van der Waals surface area contributed by atoms with E-state index in [9.17, 15) is 0 Å². The minimum Gasteiger partial charge on any atom is -0.365 e. The van der Waals surface area contributed by atoms with Gasteiger partial charge in [-0.25, -0.2) is 0 Å². The Labute approximate surface area is 105 Å². The fourth-order valence-corrected chi connectivity index (χ4v) is 3.27. The van der Waals surface area contributed by atoms with Crippen LogP contribution in [0.2, 0.25) is 0 Å². The van der Waals surface area contributed by atoms with Gasteiger partial charge < -0.3 is 4.90 Å². The molecule has 1 aliphatic heterocycles. The van der Waals surface area contributed by atoms with E-state index >= 15 is 0 Å². The summed E-state index contributed by atoms with van der Waals surface area (Å²) in [5.74, 6) is 0. The van der Waals surface area contributed by atoms with Gasteiger partial charge in [0.25, 0.3) is 0 Å². The van der Waals surface area contributed by atoms with E-state index in [1.807, 2.05) is 29.3 Å². The lowest BCUT2D eigenvalue weighted by molar-refractivity contribution is 0.647. The van der Waals surface area contributed by atoms with Gasteiger partial charge in [-0.3, -0.25) is 4.68 Å². The summed E-state index contributed by atoms with van der Waals surface area (Å²) in [6, 6.07) is 2.25. The zero-order valence-corrected chi connectivity index (χ0v) is 10.8. The lowest BCUT2D eigenvalue weighted by atomic mass is 10.2. The van der Waals surface area contributed by atoms with E-state index in [0.29, 0.717) is 0 Å². The predicted molar refractivity (Wildman–Crippen MR) is 69.3 cm³/mol. The second-order valence-corrected chi connectivity index (χ2v) is 5.46. The maximum atomic E-state index is 3.99. The third-order valence-electron chi connectivity index (χ3n) is 3.31. The molecule has 4 nitrogen and oxygen atoms in total. The van der Waals surface area contributed by atoms with Gasteiger partial charge in [0.15, 0.2) is 0 Å². The molecular formula is C12H16N4S. The molecule has 0 aliphatic carbocycles. The molecule has 2 aromatic heterocycles. The number of aromatic nitrogens is 3. The van der Waals surface area contributed by atoms with Crippen LogP contribution in [0.5, 0.6) is 0 Å². The first-order chi connectivity index (χ1) is 8.34. The SMILES string of the molecule is Cn1nncc1CN1CCCCc2sccc21. The number of anilines is 1. The first kappa shape index (κ1) is 10.8. The Morgan fingerprint density at radius 1 is 1.41 bits per heavy atom. The van der Waals surface area contributed by atoms with Crippen molar-refractivity contribution < 1.29 is 0 Å². The van der Waals surface area contributed by atoms with Crippen molar-refractivity contribution in [1.29, 1.82) is 0 Å². The molecule has 5 heteroatoms. The van der Waals surface area contributed by atoms with Gasteiger partial charge in [0.05, 0.1) is 24.1 Å². The molecule has 3 heterocycles. The summed E-state index contributed by atoms with van der Waals surface area (Å²) in [5, 5.41) is 10.1. The van der Waals surface area contributed by atoms with Crippen molar-refractivity contribution in [3.63, 3.8) is 0 Å². The van der Waals surface area contributed by atoms with Gasteiger partial charge in [0, 0.05) is 18.5 Å². The van der Waals surface area contributed by atoms with Crippen molar-refractivity contribution in [3.05, 3.63) is 28.2 Å². The van der Waals surface area contributed by atoms with Gasteiger partial charge >= 0.3 is 0 Å². The van der Waals surface area contributed by atoms with Crippen LogP contribution < -0.4 is 4.90 Å². The fourth-order valence-electron chi connectivity index (χ4n) is 2.33. The molecule has 1 aliphatic rings. The smallest absolute Gasteiger partial charge is 0.0776 e. The highest BCUT2D eigenvalue weighted by molar-refractivity contribution is 7.10. The molecule has 0 aromatic carbocycles. The Kier molecular flexibility index (Phi) is 2.84. The second-order valence-electron chi connectivity index (χ2n) is 4.46. The highest BCUT2D eigenvalue weighted by Gasteiger charge is 2.17. The quantitative estimate of drug-likeness (QED) is 0.817. The molecule has 0 N–H and O–H groups in total. The monoisotopic (exact) mass is 248 g/mol. The summed E-state index contributed by atoms with van der Waals surface area (Å²) < 4.78 is 1.86. The molecule has 0 saturated heterocycles. The van der Waals surface area contributed by atoms with Crippen LogP contribution in [0.4, 0.5) is 5.69 Å². The van der Waals surface area contributed by atoms with Crippen LogP contribution in [0.1, 0.15) is 23.4 Å². The Bertz CT molecular complexity index is 502. The normalized spacial score (nSPS) is 15.7. The molecule has 0 bridgehead atoms. The van der Waals surface area contributed by atoms with E-state index in [1.54, 1.807) is 0 Å². The zero-order valence-electron chi connectivity index (χ0n) is 9.96. The van der Waals surface area contributed by atoms with Gasteiger partial charge in [-0.1, -0.05) is 5.21 Å². The maximum Gasteiger partial charge on any atom is 0.0776 e. The van der Waals surface area contributed by atoms with Crippen LogP contribution in [0, 0.1) is 0 Å². The van der Waals surface area contributed by atoms with Gasteiger partial charge in [-0.05, 0) is 30.7 Å². The summed E-state index contributed by atoms with van der Waals surface area (Å²) >= 11 is 1.88. The maximum absolute atomic E-state index is 3.99. The average molecular weight is 248 g/mol. The standard InChI is InChI=1S/C12H16N4S/c1-15-10(8-13-14-15)9-16-6-3-2-4-12-11(16)5-7-17-12/h5,7-8H,2-4,6,9H2,1H3. The first-order valence-corrected chi connectivity index (χ1v) is 6.87.